The van der Waals surface area contributed by atoms with Gasteiger partial charge in [-0.1, -0.05) is 45.0 Å². The monoisotopic (exact) mass is 234 g/mol. The molecule has 2 nitrogen and oxygen atoms in total. The van der Waals surface area contributed by atoms with Crippen LogP contribution in [0, 0.1) is 5.92 Å². The average Bonchev–Trinajstić information content (AvgIpc) is 2.26. The van der Waals surface area contributed by atoms with Crippen LogP contribution in [0.4, 0.5) is 0 Å². The molecule has 17 heavy (non-hydrogen) atoms. The standard InChI is InChI=1S/C15H22O2/c1-11(2)10-13-5-7-14(8-6-13)12(3)4-9-15(16)17/h5-8,11-12H,4,9-10H2,1-3H3,(H,16,17). The second kappa shape index (κ2) is 6.43. The van der Waals surface area contributed by atoms with E-state index in [2.05, 4.69) is 45.0 Å². The molecule has 0 bridgehead atoms. The van der Waals surface area contributed by atoms with E-state index in [4.69, 9.17) is 5.11 Å². The maximum atomic E-state index is 10.5. The number of benzene rings is 1. The van der Waals surface area contributed by atoms with Crippen molar-refractivity contribution in [1.29, 1.82) is 0 Å². The predicted octanol–water partition coefficient (Wildman–Crippen LogP) is 3.85. The number of carboxylic acids is 1. The van der Waals surface area contributed by atoms with Crippen LogP contribution < -0.4 is 0 Å². The van der Waals surface area contributed by atoms with Crippen molar-refractivity contribution in [2.45, 2.75) is 46.0 Å². The lowest BCUT2D eigenvalue weighted by molar-refractivity contribution is -0.137. The van der Waals surface area contributed by atoms with Gasteiger partial charge < -0.3 is 5.11 Å². The van der Waals surface area contributed by atoms with Gasteiger partial charge in [0.05, 0.1) is 0 Å². The van der Waals surface area contributed by atoms with Gasteiger partial charge in [-0.05, 0) is 35.8 Å². The Hall–Kier alpha value is -1.31. The van der Waals surface area contributed by atoms with E-state index >= 15 is 0 Å². The van der Waals surface area contributed by atoms with E-state index in [0.717, 1.165) is 6.42 Å². The van der Waals surface area contributed by atoms with Crippen molar-refractivity contribution < 1.29 is 9.90 Å². The van der Waals surface area contributed by atoms with Crippen molar-refractivity contribution in [2.24, 2.45) is 5.92 Å². The lowest BCUT2D eigenvalue weighted by Crippen LogP contribution is -2.00. The maximum Gasteiger partial charge on any atom is 0.303 e. The number of hydrogen-bond donors (Lipinski definition) is 1. The van der Waals surface area contributed by atoms with Crippen LogP contribution in [0.3, 0.4) is 0 Å². The zero-order valence-electron chi connectivity index (χ0n) is 10.9. The molecule has 1 aromatic rings. The van der Waals surface area contributed by atoms with E-state index in [1.165, 1.54) is 11.1 Å². The van der Waals surface area contributed by atoms with Gasteiger partial charge in [-0.2, -0.15) is 0 Å². The molecule has 0 heterocycles. The Morgan fingerprint density at radius 3 is 2.24 bits per heavy atom. The minimum absolute atomic E-state index is 0.245. The van der Waals surface area contributed by atoms with Crippen molar-refractivity contribution in [3.05, 3.63) is 35.4 Å². The average molecular weight is 234 g/mol. The molecule has 2 heteroatoms. The van der Waals surface area contributed by atoms with Gasteiger partial charge in [0.15, 0.2) is 0 Å². The van der Waals surface area contributed by atoms with Crippen LogP contribution in [-0.4, -0.2) is 11.1 Å². The number of carboxylic acid groups (broad SMARTS) is 1. The predicted molar refractivity (Wildman–Crippen MR) is 70.3 cm³/mol. The van der Waals surface area contributed by atoms with E-state index in [9.17, 15) is 4.79 Å². The second-order valence-electron chi connectivity index (χ2n) is 5.17. The first kappa shape index (κ1) is 13.8. The number of carbonyl (C=O) groups is 1. The maximum absolute atomic E-state index is 10.5. The number of hydrogen-bond acceptors (Lipinski definition) is 1. The Morgan fingerprint density at radius 1 is 1.18 bits per heavy atom. The topological polar surface area (TPSA) is 37.3 Å². The zero-order valence-corrected chi connectivity index (χ0v) is 10.9. The van der Waals surface area contributed by atoms with Gasteiger partial charge in [-0.15, -0.1) is 0 Å². The molecule has 1 atom stereocenters. The van der Waals surface area contributed by atoms with Gasteiger partial charge in [0.1, 0.15) is 0 Å². The Morgan fingerprint density at radius 2 is 1.76 bits per heavy atom. The molecule has 1 N–H and O–H groups in total. The summed E-state index contributed by atoms with van der Waals surface area (Å²) in [5, 5.41) is 8.65. The third kappa shape index (κ3) is 5.03. The fourth-order valence-electron chi connectivity index (χ4n) is 1.96. The summed E-state index contributed by atoms with van der Waals surface area (Å²) < 4.78 is 0. The van der Waals surface area contributed by atoms with Crippen molar-refractivity contribution in [2.75, 3.05) is 0 Å². The molecule has 0 spiro atoms. The third-order valence-corrected chi connectivity index (χ3v) is 2.98. The fraction of sp³-hybridized carbons (Fsp3) is 0.533. The molecule has 0 fully saturated rings. The normalized spacial score (nSPS) is 12.7. The summed E-state index contributed by atoms with van der Waals surface area (Å²) >= 11 is 0. The Labute approximate surface area is 104 Å². The van der Waals surface area contributed by atoms with Gasteiger partial charge in [0.25, 0.3) is 0 Å². The molecular weight excluding hydrogens is 212 g/mol. The van der Waals surface area contributed by atoms with E-state index < -0.39 is 5.97 Å². The van der Waals surface area contributed by atoms with Crippen LogP contribution in [0.2, 0.25) is 0 Å². The van der Waals surface area contributed by atoms with Crippen LogP contribution in [0.15, 0.2) is 24.3 Å². The highest BCUT2D eigenvalue weighted by molar-refractivity contribution is 5.66. The minimum Gasteiger partial charge on any atom is -0.481 e. The largest absolute Gasteiger partial charge is 0.481 e. The summed E-state index contributed by atoms with van der Waals surface area (Å²) in [5.74, 6) is 0.276. The van der Waals surface area contributed by atoms with Crippen molar-refractivity contribution in [3.63, 3.8) is 0 Å². The van der Waals surface area contributed by atoms with Crippen LogP contribution in [0.5, 0.6) is 0 Å². The van der Waals surface area contributed by atoms with E-state index in [1.807, 2.05) is 0 Å². The molecule has 0 aliphatic carbocycles. The van der Waals surface area contributed by atoms with Gasteiger partial charge in [0.2, 0.25) is 0 Å². The highest BCUT2D eigenvalue weighted by Crippen LogP contribution is 2.21. The van der Waals surface area contributed by atoms with Gasteiger partial charge in [-0.25, -0.2) is 0 Å². The summed E-state index contributed by atoms with van der Waals surface area (Å²) in [7, 11) is 0. The van der Waals surface area contributed by atoms with E-state index in [-0.39, 0.29) is 6.42 Å². The molecule has 0 aliphatic heterocycles. The summed E-state index contributed by atoms with van der Waals surface area (Å²) in [4.78, 5) is 10.5. The molecule has 0 saturated carbocycles. The van der Waals surface area contributed by atoms with Gasteiger partial charge >= 0.3 is 5.97 Å². The van der Waals surface area contributed by atoms with Crippen LogP contribution in [0.25, 0.3) is 0 Å². The molecule has 1 unspecified atom stereocenters. The van der Waals surface area contributed by atoms with Crippen LogP contribution in [0.1, 0.15) is 50.7 Å². The number of rotatable bonds is 6. The third-order valence-electron chi connectivity index (χ3n) is 2.98. The summed E-state index contributed by atoms with van der Waals surface area (Å²) in [6.07, 6.45) is 2.05. The van der Waals surface area contributed by atoms with Crippen LogP contribution >= 0.6 is 0 Å². The smallest absolute Gasteiger partial charge is 0.303 e. The summed E-state index contributed by atoms with van der Waals surface area (Å²) in [6.45, 7) is 6.51. The summed E-state index contributed by atoms with van der Waals surface area (Å²) in [6, 6.07) is 8.58. The highest BCUT2D eigenvalue weighted by atomic mass is 16.4. The second-order valence-corrected chi connectivity index (χ2v) is 5.17. The first-order valence-electron chi connectivity index (χ1n) is 6.29. The molecule has 1 rings (SSSR count). The Kier molecular flexibility index (Phi) is 5.20. The number of aliphatic carboxylic acids is 1. The molecule has 94 valence electrons. The molecular formula is C15H22O2. The minimum atomic E-state index is -0.715. The summed E-state index contributed by atoms with van der Waals surface area (Å²) in [5.41, 5.74) is 2.59. The molecule has 0 aliphatic rings. The zero-order chi connectivity index (χ0) is 12.8. The quantitative estimate of drug-likeness (QED) is 0.811. The van der Waals surface area contributed by atoms with E-state index in [1.54, 1.807) is 0 Å². The van der Waals surface area contributed by atoms with Crippen molar-refractivity contribution >= 4 is 5.97 Å². The molecule has 0 aromatic heterocycles. The SMILES string of the molecule is CC(C)Cc1ccc(C(C)CCC(=O)O)cc1. The first-order chi connectivity index (χ1) is 7.99. The Balaban J connectivity index is 2.57. The molecule has 0 amide bonds. The van der Waals surface area contributed by atoms with Crippen molar-refractivity contribution in [1.82, 2.24) is 0 Å². The molecule has 0 radical (unpaired) electrons. The van der Waals surface area contributed by atoms with Gasteiger partial charge in [-0.3, -0.25) is 4.79 Å². The Bertz CT molecular complexity index is 352. The van der Waals surface area contributed by atoms with Crippen LogP contribution in [-0.2, 0) is 11.2 Å². The lowest BCUT2D eigenvalue weighted by Gasteiger charge is -2.12. The van der Waals surface area contributed by atoms with E-state index in [0.29, 0.717) is 18.3 Å². The highest BCUT2D eigenvalue weighted by Gasteiger charge is 2.08. The lowest BCUT2D eigenvalue weighted by atomic mass is 9.94. The molecule has 1 aromatic carbocycles. The van der Waals surface area contributed by atoms with Gasteiger partial charge in [0, 0.05) is 6.42 Å². The first-order valence-corrected chi connectivity index (χ1v) is 6.29. The molecule has 0 saturated heterocycles. The fourth-order valence-corrected chi connectivity index (χ4v) is 1.96. The van der Waals surface area contributed by atoms with Crippen molar-refractivity contribution in [3.8, 4) is 0 Å².